The Morgan fingerprint density at radius 2 is 1.62 bits per heavy atom. The van der Waals surface area contributed by atoms with E-state index in [1.54, 1.807) is 30.3 Å². The number of carbonyl (C=O) groups excluding carboxylic acids is 7. The highest BCUT2D eigenvalue weighted by Crippen LogP contribution is 2.33. The van der Waals surface area contributed by atoms with Crippen LogP contribution in [0.3, 0.4) is 0 Å². The van der Waals surface area contributed by atoms with E-state index in [4.69, 9.17) is 5.84 Å². The number of carbonyl (C=O) groups is 7. The molecule has 18 heteroatoms. The van der Waals surface area contributed by atoms with Crippen molar-refractivity contribution >= 4 is 41.2 Å². The maximum atomic E-state index is 14.0. The molecule has 0 aromatic heterocycles. The number of ketones is 1. The molecule has 53 heavy (non-hydrogen) atoms. The van der Waals surface area contributed by atoms with Gasteiger partial charge in [-0.2, -0.15) is 13.2 Å². The zero-order valence-corrected chi connectivity index (χ0v) is 30.1. The van der Waals surface area contributed by atoms with Crippen LogP contribution in [0.4, 0.5) is 13.2 Å². The molecule has 0 bridgehead atoms. The Morgan fingerprint density at radius 3 is 2.19 bits per heavy atom. The number of aliphatic hydroxyl groups excluding tert-OH is 1. The van der Waals surface area contributed by atoms with E-state index in [0.717, 1.165) is 24.3 Å². The predicted octanol–water partition coefficient (Wildman–Crippen LogP) is 0.762. The molecule has 3 rings (SSSR count). The van der Waals surface area contributed by atoms with Crippen molar-refractivity contribution in [3.63, 3.8) is 0 Å². The number of amides is 6. The normalized spacial score (nSPS) is 20.0. The van der Waals surface area contributed by atoms with Crippen molar-refractivity contribution in [2.75, 3.05) is 20.1 Å². The second-order valence-electron chi connectivity index (χ2n) is 13.8. The molecule has 294 valence electrons. The van der Waals surface area contributed by atoms with Gasteiger partial charge in [-0.25, -0.2) is 5.84 Å². The number of nitrogens with zero attached hydrogens (tertiary/aromatic N) is 2. The Balaban J connectivity index is 1.80. The van der Waals surface area contributed by atoms with E-state index in [1.807, 2.05) is 5.32 Å². The summed E-state index contributed by atoms with van der Waals surface area (Å²) in [6.07, 6.45) is -4.02. The number of Topliss-reactive ketones (excluding diaryl/α,β-unsaturated/α-hetero) is 1. The van der Waals surface area contributed by atoms with Crippen molar-refractivity contribution in [1.82, 2.24) is 31.2 Å². The van der Waals surface area contributed by atoms with Crippen LogP contribution < -0.4 is 27.1 Å². The number of likely N-dealkylation sites (N-methyl/N-ethyl adjacent to an activating group) is 1. The molecule has 1 aliphatic carbocycles. The number of halogens is 3. The van der Waals surface area contributed by atoms with E-state index in [2.05, 4.69) is 16.0 Å². The number of nitrogens with one attached hydrogen (secondary N) is 4. The van der Waals surface area contributed by atoms with Gasteiger partial charge in [0, 0.05) is 26.9 Å². The first-order valence-electron chi connectivity index (χ1n) is 17.7. The minimum Gasteiger partial charge on any atom is -0.393 e. The quantitative estimate of drug-likeness (QED) is 0.0607. The van der Waals surface area contributed by atoms with Gasteiger partial charge in [-0.1, -0.05) is 49.6 Å². The van der Waals surface area contributed by atoms with Gasteiger partial charge in [0.2, 0.25) is 29.4 Å². The molecule has 1 aromatic rings. The first kappa shape index (κ1) is 42.8. The van der Waals surface area contributed by atoms with E-state index in [-0.39, 0.29) is 25.3 Å². The lowest BCUT2D eigenvalue weighted by Gasteiger charge is -2.35. The zero-order chi connectivity index (χ0) is 39.5. The second kappa shape index (κ2) is 19.5. The van der Waals surface area contributed by atoms with E-state index in [1.165, 1.54) is 25.8 Å². The van der Waals surface area contributed by atoms with Crippen molar-refractivity contribution in [3.05, 3.63) is 35.9 Å². The number of hydrazine groups is 1. The largest absolute Gasteiger partial charge is 0.393 e. The number of hydrogen-bond donors (Lipinski definition) is 6. The van der Waals surface area contributed by atoms with Gasteiger partial charge in [-0.3, -0.25) is 38.6 Å². The van der Waals surface area contributed by atoms with Gasteiger partial charge in [0.25, 0.3) is 11.8 Å². The highest BCUT2D eigenvalue weighted by Gasteiger charge is 2.46. The highest BCUT2D eigenvalue weighted by molar-refractivity contribution is 6.38. The Hall–Kier alpha value is -4.58. The Kier molecular flexibility index (Phi) is 15.7. The molecule has 1 saturated carbocycles. The Bertz CT molecular complexity index is 1470. The van der Waals surface area contributed by atoms with Gasteiger partial charge in [-0.05, 0) is 56.4 Å². The molecule has 1 aromatic carbocycles. The molecule has 0 radical (unpaired) electrons. The maximum Gasteiger partial charge on any atom is 0.389 e. The molecule has 6 atom stereocenters. The van der Waals surface area contributed by atoms with Crippen molar-refractivity contribution in [2.45, 2.75) is 108 Å². The van der Waals surface area contributed by atoms with E-state index < -0.39 is 103 Å². The highest BCUT2D eigenvalue weighted by atomic mass is 19.4. The van der Waals surface area contributed by atoms with Gasteiger partial charge in [0.1, 0.15) is 18.1 Å². The fourth-order valence-corrected chi connectivity index (χ4v) is 6.98. The number of rotatable bonds is 16. The summed E-state index contributed by atoms with van der Waals surface area (Å²) in [5.74, 6) is -1.92. The zero-order valence-electron chi connectivity index (χ0n) is 30.1. The minimum absolute atomic E-state index is 0.0410. The fraction of sp³-hybridized carbons (Fsp3) is 0.629. The molecule has 1 heterocycles. The summed E-state index contributed by atoms with van der Waals surface area (Å²) in [6, 6.07) is 2.42. The average Bonchev–Trinajstić information content (AvgIpc) is 3.52. The number of nitrogens with two attached hydrogens (primary N) is 1. The van der Waals surface area contributed by atoms with Gasteiger partial charge in [0.15, 0.2) is 0 Å². The van der Waals surface area contributed by atoms with Gasteiger partial charge < -0.3 is 31.3 Å². The van der Waals surface area contributed by atoms with Crippen molar-refractivity contribution in [2.24, 2.45) is 17.7 Å². The third-order valence-electron chi connectivity index (χ3n) is 9.48. The molecule has 5 unspecified atom stereocenters. The SMILES string of the molecule is CC(=O)NC(C(=O)N1CC[C@H](CC(C)O)C1C(=O)NC(CCC(F)(F)F)C(=O)C(=O)NCC(=O)NC(C(=O)N(C)N)c1ccccc1)C1CCCCC1. The summed E-state index contributed by atoms with van der Waals surface area (Å²) in [5.41, 5.74) is 0.357. The van der Waals surface area contributed by atoms with E-state index >= 15 is 0 Å². The van der Waals surface area contributed by atoms with Crippen LogP contribution in [-0.2, 0) is 33.6 Å². The van der Waals surface area contributed by atoms with Crippen molar-refractivity contribution < 1.29 is 51.8 Å². The summed E-state index contributed by atoms with van der Waals surface area (Å²) >= 11 is 0. The predicted molar refractivity (Wildman–Crippen MR) is 184 cm³/mol. The standard InChI is InChI=1S/C35H50F3N7O8/c1-20(46)18-24-15-17-45(34(53)28(41-21(2)47)23-12-8-5-9-13-23)29(24)31(50)42-25(14-16-35(36,37)38)30(49)32(51)40-19-26(48)43-27(33(52)44(3)39)22-10-6-4-7-11-22/h4,6-7,10-11,20,23-25,27-29,46H,5,8-9,12-19,39H2,1-3H3,(H,40,51)(H,41,47)(H,42,50)(H,43,48)/t20?,24-,25?,27?,28?,29?/m1/s1. The number of benzene rings is 1. The number of aliphatic hydroxyl groups is 1. The molecule has 2 fully saturated rings. The molecule has 0 spiro atoms. The van der Waals surface area contributed by atoms with Crippen LogP contribution in [0.15, 0.2) is 30.3 Å². The molecule has 1 aliphatic heterocycles. The molecule has 15 nitrogen and oxygen atoms in total. The molecule has 7 N–H and O–H groups in total. The van der Waals surface area contributed by atoms with Crippen LogP contribution >= 0.6 is 0 Å². The monoisotopic (exact) mass is 753 g/mol. The third-order valence-corrected chi connectivity index (χ3v) is 9.48. The lowest BCUT2D eigenvalue weighted by atomic mass is 9.83. The van der Waals surface area contributed by atoms with E-state index in [9.17, 15) is 51.8 Å². The lowest BCUT2D eigenvalue weighted by molar-refractivity contribution is -0.148. The van der Waals surface area contributed by atoms with E-state index in [0.29, 0.717) is 18.4 Å². The van der Waals surface area contributed by atoms with Gasteiger partial charge in [-0.15, -0.1) is 0 Å². The maximum absolute atomic E-state index is 14.0. The van der Waals surface area contributed by atoms with Gasteiger partial charge >= 0.3 is 6.18 Å². The molecule has 2 aliphatic rings. The minimum atomic E-state index is -4.77. The van der Waals surface area contributed by atoms with Crippen molar-refractivity contribution in [1.29, 1.82) is 0 Å². The molecule has 1 saturated heterocycles. The molecule has 6 amide bonds. The number of hydrogen-bond acceptors (Lipinski definition) is 9. The number of likely N-dealkylation sites (tertiary alicyclic amines) is 1. The van der Waals surface area contributed by atoms with Crippen LogP contribution in [-0.4, -0.2) is 107 Å². The van der Waals surface area contributed by atoms with Gasteiger partial charge in [0.05, 0.1) is 18.7 Å². The second-order valence-corrected chi connectivity index (χ2v) is 13.8. The smallest absolute Gasteiger partial charge is 0.389 e. The molecular weight excluding hydrogens is 703 g/mol. The summed E-state index contributed by atoms with van der Waals surface area (Å²) < 4.78 is 40.1. The van der Waals surface area contributed by atoms with Crippen LogP contribution in [0.1, 0.15) is 83.2 Å². The van der Waals surface area contributed by atoms with Crippen LogP contribution in [0.2, 0.25) is 0 Å². The summed E-state index contributed by atoms with van der Waals surface area (Å²) in [6.45, 7) is 1.92. The van der Waals surface area contributed by atoms with Crippen LogP contribution in [0.25, 0.3) is 0 Å². The Labute approximate surface area is 305 Å². The van der Waals surface area contributed by atoms with Crippen molar-refractivity contribution in [3.8, 4) is 0 Å². The summed E-state index contributed by atoms with van der Waals surface area (Å²) in [7, 11) is 1.26. The van der Waals surface area contributed by atoms with Crippen LogP contribution in [0, 0.1) is 11.8 Å². The first-order valence-corrected chi connectivity index (χ1v) is 17.7. The number of alkyl halides is 3. The fourth-order valence-electron chi connectivity index (χ4n) is 6.98. The summed E-state index contributed by atoms with van der Waals surface area (Å²) in [5, 5.41) is 20.3. The summed E-state index contributed by atoms with van der Waals surface area (Å²) in [4.78, 5) is 93.0. The average molecular weight is 754 g/mol. The Morgan fingerprint density at radius 1 is 0.981 bits per heavy atom. The molecular formula is C35H50F3N7O8. The topological polar surface area (TPSA) is 220 Å². The lowest BCUT2D eigenvalue weighted by Crippen LogP contribution is -2.59. The third kappa shape index (κ3) is 12.8. The van der Waals surface area contributed by atoms with Crippen LogP contribution in [0.5, 0.6) is 0 Å². The first-order chi connectivity index (χ1) is 24.9.